The number of ether oxygens (including phenoxy) is 2. The SMILES string of the molecule is CCOC(=O)C[C@@H](NC(=O)c1ccco1)c1ccc(OCC)cc1. The number of carbonyl (C=O) groups is 2. The molecule has 1 aromatic carbocycles. The van der Waals surface area contributed by atoms with E-state index in [0.29, 0.717) is 13.2 Å². The lowest BCUT2D eigenvalue weighted by Gasteiger charge is -2.18. The molecule has 128 valence electrons. The summed E-state index contributed by atoms with van der Waals surface area (Å²) < 4.78 is 15.5. The molecule has 6 nitrogen and oxygen atoms in total. The van der Waals surface area contributed by atoms with E-state index in [1.165, 1.54) is 6.26 Å². The third-order valence-corrected chi connectivity index (χ3v) is 3.32. The van der Waals surface area contributed by atoms with Gasteiger partial charge in [-0.15, -0.1) is 0 Å². The van der Waals surface area contributed by atoms with E-state index in [2.05, 4.69) is 5.32 Å². The minimum Gasteiger partial charge on any atom is -0.494 e. The van der Waals surface area contributed by atoms with E-state index in [-0.39, 0.29) is 24.1 Å². The highest BCUT2D eigenvalue weighted by atomic mass is 16.5. The van der Waals surface area contributed by atoms with E-state index in [4.69, 9.17) is 13.9 Å². The Bertz CT molecular complexity index is 649. The molecule has 1 aromatic heterocycles. The van der Waals surface area contributed by atoms with Crippen molar-refractivity contribution in [3.05, 3.63) is 54.0 Å². The fourth-order valence-electron chi connectivity index (χ4n) is 2.24. The number of hydrogen-bond acceptors (Lipinski definition) is 5. The molecule has 0 radical (unpaired) electrons. The second-order valence-corrected chi connectivity index (χ2v) is 5.01. The quantitative estimate of drug-likeness (QED) is 0.752. The fourth-order valence-corrected chi connectivity index (χ4v) is 2.24. The molecule has 1 N–H and O–H groups in total. The van der Waals surface area contributed by atoms with Crippen molar-refractivity contribution in [2.45, 2.75) is 26.3 Å². The van der Waals surface area contributed by atoms with E-state index < -0.39 is 6.04 Å². The molecule has 0 saturated heterocycles. The maximum atomic E-state index is 12.2. The minimum atomic E-state index is -0.516. The maximum Gasteiger partial charge on any atom is 0.308 e. The highest BCUT2D eigenvalue weighted by Gasteiger charge is 2.21. The molecule has 1 atom stereocenters. The van der Waals surface area contributed by atoms with Crippen LogP contribution in [0.2, 0.25) is 0 Å². The molecule has 0 fully saturated rings. The lowest BCUT2D eigenvalue weighted by molar-refractivity contribution is -0.143. The molecule has 0 bridgehead atoms. The number of furan rings is 1. The van der Waals surface area contributed by atoms with Gasteiger partial charge >= 0.3 is 5.97 Å². The topological polar surface area (TPSA) is 77.8 Å². The number of amides is 1. The summed E-state index contributed by atoms with van der Waals surface area (Å²) in [6.07, 6.45) is 1.46. The van der Waals surface area contributed by atoms with Crippen LogP contribution in [0.3, 0.4) is 0 Å². The summed E-state index contributed by atoms with van der Waals surface area (Å²) in [5.74, 6) is 0.155. The van der Waals surface area contributed by atoms with Crippen LogP contribution in [0.1, 0.15) is 42.4 Å². The summed E-state index contributed by atoms with van der Waals surface area (Å²) >= 11 is 0. The number of hydrogen-bond donors (Lipinski definition) is 1. The van der Waals surface area contributed by atoms with Crippen LogP contribution in [0.25, 0.3) is 0 Å². The summed E-state index contributed by atoms with van der Waals surface area (Å²) in [5, 5.41) is 2.80. The predicted molar refractivity (Wildman–Crippen MR) is 87.8 cm³/mol. The normalized spacial score (nSPS) is 11.6. The van der Waals surface area contributed by atoms with Crippen molar-refractivity contribution in [1.82, 2.24) is 5.32 Å². The Morgan fingerprint density at radius 1 is 1.12 bits per heavy atom. The Morgan fingerprint density at radius 2 is 1.88 bits per heavy atom. The molecule has 6 heteroatoms. The van der Waals surface area contributed by atoms with E-state index in [0.717, 1.165) is 11.3 Å². The Balaban J connectivity index is 2.15. The highest BCUT2D eigenvalue weighted by molar-refractivity contribution is 5.92. The van der Waals surface area contributed by atoms with E-state index in [9.17, 15) is 9.59 Å². The van der Waals surface area contributed by atoms with Crippen LogP contribution in [0, 0.1) is 0 Å². The van der Waals surface area contributed by atoms with Gasteiger partial charge in [-0.3, -0.25) is 9.59 Å². The Kier molecular flexibility index (Phi) is 6.42. The molecule has 2 aromatic rings. The third kappa shape index (κ3) is 4.87. The highest BCUT2D eigenvalue weighted by Crippen LogP contribution is 2.22. The average molecular weight is 331 g/mol. The molecular weight excluding hydrogens is 310 g/mol. The number of rotatable bonds is 8. The molecule has 1 heterocycles. The van der Waals surface area contributed by atoms with Crippen molar-refractivity contribution in [3.63, 3.8) is 0 Å². The molecule has 0 aliphatic rings. The van der Waals surface area contributed by atoms with Gasteiger partial charge in [0.2, 0.25) is 0 Å². The van der Waals surface area contributed by atoms with Crippen LogP contribution in [0.4, 0.5) is 0 Å². The third-order valence-electron chi connectivity index (χ3n) is 3.32. The summed E-state index contributed by atoms with van der Waals surface area (Å²) in [6, 6.07) is 9.92. The van der Waals surface area contributed by atoms with Crippen molar-refractivity contribution in [2.75, 3.05) is 13.2 Å². The van der Waals surface area contributed by atoms with Crippen molar-refractivity contribution in [1.29, 1.82) is 0 Å². The molecule has 0 spiro atoms. The van der Waals surface area contributed by atoms with Crippen LogP contribution < -0.4 is 10.1 Å². The summed E-state index contributed by atoms with van der Waals surface area (Å²) in [6.45, 7) is 4.51. The van der Waals surface area contributed by atoms with Crippen LogP contribution >= 0.6 is 0 Å². The van der Waals surface area contributed by atoms with Gasteiger partial charge in [0.15, 0.2) is 5.76 Å². The van der Waals surface area contributed by atoms with Gasteiger partial charge in [0, 0.05) is 0 Å². The van der Waals surface area contributed by atoms with Gasteiger partial charge in [-0.1, -0.05) is 12.1 Å². The minimum absolute atomic E-state index is 0.0360. The van der Waals surface area contributed by atoms with E-state index in [1.54, 1.807) is 31.2 Å². The van der Waals surface area contributed by atoms with E-state index in [1.807, 2.05) is 19.1 Å². The predicted octanol–water partition coefficient (Wildman–Crippen LogP) is 3.10. The van der Waals surface area contributed by atoms with Crippen LogP contribution in [0.5, 0.6) is 5.75 Å². The van der Waals surface area contributed by atoms with Crippen LogP contribution in [-0.4, -0.2) is 25.1 Å². The molecule has 1 amide bonds. The molecule has 0 saturated carbocycles. The van der Waals surface area contributed by atoms with Gasteiger partial charge in [0.25, 0.3) is 5.91 Å². The second-order valence-electron chi connectivity index (χ2n) is 5.01. The van der Waals surface area contributed by atoms with E-state index >= 15 is 0 Å². The van der Waals surface area contributed by atoms with Gasteiger partial charge in [-0.25, -0.2) is 0 Å². The summed E-state index contributed by atoms with van der Waals surface area (Å²) in [4.78, 5) is 24.1. The Labute approximate surface area is 140 Å². The first-order valence-corrected chi connectivity index (χ1v) is 7.86. The zero-order chi connectivity index (χ0) is 17.4. The fraction of sp³-hybridized carbons (Fsp3) is 0.333. The zero-order valence-corrected chi connectivity index (χ0v) is 13.8. The largest absolute Gasteiger partial charge is 0.494 e. The van der Waals surface area contributed by atoms with Gasteiger partial charge in [-0.05, 0) is 43.7 Å². The van der Waals surface area contributed by atoms with Gasteiger partial charge in [0.05, 0.1) is 31.9 Å². The van der Waals surface area contributed by atoms with Gasteiger partial charge in [0.1, 0.15) is 5.75 Å². The average Bonchev–Trinajstić information content (AvgIpc) is 3.10. The van der Waals surface area contributed by atoms with Crippen LogP contribution in [-0.2, 0) is 9.53 Å². The molecular formula is C18H21NO5. The smallest absolute Gasteiger partial charge is 0.308 e. The van der Waals surface area contributed by atoms with Crippen molar-refractivity contribution >= 4 is 11.9 Å². The summed E-state index contributed by atoms with van der Waals surface area (Å²) in [7, 11) is 0. The zero-order valence-electron chi connectivity index (χ0n) is 13.8. The van der Waals surface area contributed by atoms with Crippen molar-refractivity contribution < 1.29 is 23.5 Å². The molecule has 0 aliphatic carbocycles. The number of esters is 1. The monoisotopic (exact) mass is 331 g/mol. The van der Waals surface area contributed by atoms with Gasteiger partial charge < -0.3 is 19.2 Å². The lowest BCUT2D eigenvalue weighted by atomic mass is 10.0. The van der Waals surface area contributed by atoms with Crippen molar-refractivity contribution in [2.24, 2.45) is 0 Å². The maximum absolute atomic E-state index is 12.2. The van der Waals surface area contributed by atoms with Crippen LogP contribution in [0.15, 0.2) is 47.1 Å². The number of benzene rings is 1. The second kappa shape index (κ2) is 8.76. The molecule has 0 unspecified atom stereocenters. The number of nitrogens with one attached hydrogen (secondary N) is 1. The lowest BCUT2D eigenvalue weighted by Crippen LogP contribution is -2.30. The number of carbonyl (C=O) groups excluding carboxylic acids is 2. The summed E-state index contributed by atoms with van der Waals surface area (Å²) in [5.41, 5.74) is 0.784. The van der Waals surface area contributed by atoms with Crippen molar-refractivity contribution in [3.8, 4) is 5.75 Å². The Hall–Kier alpha value is -2.76. The first-order chi connectivity index (χ1) is 11.6. The molecule has 0 aliphatic heterocycles. The first-order valence-electron chi connectivity index (χ1n) is 7.86. The Morgan fingerprint density at radius 3 is 2.46 bits per heavy atom. The first kappa shape index (κ1) is 17.6. The van der Waals surface area contributed by atoms with Gasteiger partial charge in [-0.2, -0.15) is 0 Å². The standard InChI is InChI=1S/C18H21NO5/c1-3-22-14-9-7-13(8-10-14)15(12-17(20)23-4-2)19-18(21)16-6-5-11-24-16/h5-11,15H,3-4,12H2,1-2H3,(H,19,21)/t15-/m1/s1. The molecule has 24 heavy (non-hydrogen) atoms. The molecule has 2 rings (SSSR count).